The second-order valence-corrected chi connectivity index (χ2v) is 11.4. The van der Waals surface area contributed by atoms with E-state index in [0.29, 0.717) is 5.82 Å². The largest absolute Gasteiger partial charge is 0.455 e. The van der Waals surface area contributed by atoms with Gasteiger partial charge in [0.05, 0.1) is 22.1 Å². The fraction of sp³-hybridized carbons (Fsp3) is 0. The van der Waals surface area contributed by atoms with Crippen molar-refractivity contribution in [3.05, 3.63) is 140 Å². The second kappa shape index (κ2) is 8.76. The van der Waals surface area contributed by atoms with Gasteiger partial charge in [0.2, 0.25) is 0 Å². The topological polar surface area (TPSA) is 43.9 Å². The first kappa shape index (κ1) is 23.6. The monoisotopic (exact) mass is 561 g/mol. The van der Waals surface area contributed by atoms with Gasteiger partial charge in [0.25, 0.3) is 0 Å². The molecule has 0 aliphatic heterocycles. The van der Waals surface area contributed by atoms with E-state index >= 15 is 0 Å². The van der Waals surface area contributed by atoms with Gasteiger partial charge in [-0.3, -0.25) is 4.57 Å². The Hall–Kier alpha value is -6.00. The quantitative estimate of drug-likeness (QED) is 0.211. The van der Waals surface area contributed by atoms with E-state index in [1.807, 2.05) is 6.07 Å². The first-order chi connectivity index (χ1) is 21.8. The normalized spacial score (nSPS) is 12.1. The van der Waals surface area contributed by atoms with Crippen molar-refractivity contribution in [3.8, 4) is 17.2 Å². The van der Waals surface area contributed by atoms with Gasteiger partial charge in [-0.05, 0) is 64.0 Å². The maximum Gasteiger partial charge on any atom is 0.165 e. The summed E-state index contributed by atoms with van der Waals surface area (Å²) in [4.78, 5) is 10.5. The summed E-state index contributed by atoms with van der Waals surface area (Å²) in [5.74, 6) is 1.49. The molecule has 4 heteroatoms. The van der Waals surface area contributed by atoms with Crippen LogP contribution in [0.4, 0.5) is 0 Å². The standard InChI is InChI=1S/C40H23N3O/c1-2-12-26-23-35-32(22-25(26)11-1)28-14-6-8-19-34(28)43(35)40-29-15-5-7-18-33(29)41-39(42-40)31-17-9-16-30-37-27-13-4-3-10-24(27)20-21-36(37)44-38(30)31/h1-23H. The predicted molar refractivity (Wildman–Crippen MR) is 182 cm³/mol. The van der Waals surface area contributed by atoms with Crippen LogP contribution in [0.2, 0.25) is 0 Å². The van der Waals surface area contributed by atoms with Crippen LogP contribution >= 0.6 is 0 Å². The van der Waals surface area contributed by atoms with E-state index in [9.17, 15) is 0 Å². The molecule has 0 bridgehead atoms. The maximum atomic E-state index is 6.59. The lowest BCUT2D eigenvalue weighted by molar-refractivity contribution is 0.670. The highest BCUT2D eigenvalue weighted by Crippen LogP contribution is 2.40. The Balaban J connectivity index is 1.32. The van der Waals surface area contributed by atoms with Gasteiger partial charge in [-0.15, -0.1) is 0 Å². The molecule has 0 aliphatic rings. The molecule has 0 saturated heterocycles. The van der Waals surface area contributed by atoms with Gasteiger partial charge in [-0.25, -0.2) is 9.97 Å². The van der Waals surface area contributed by atoms with Gasteiger partial charge in [0.1, 0.15) is 17.0 Å². The van der Waals surface area contributed by atoms with Crippen molar-refractivity contribution in [2.75, 3.05) is 0 Å². The Labute approximate surface area is 251 Å². The third-order valence-electron chi connectivity index (χ3n) is 8.96. The van der Waals surface area contributed by atoms with E-state index in [1.54, 1.807) is 0 Å². The number of rotatable bonds is 2. The first-order valence-corrected chi connectivity index (χ1v) is 14.8. The summed E-state index contributed by atoms with van der Waals surface area (Å²) in [5, 5.41) is 10.4. The molecule has 4 nitrogen and oxygen atoms in total. The number of hydrogen-bond acceptors (Lipinski definition) is 3. The van der Waals surface area contributed by atoms with E-state index in [1.165, 1.54) is 32.3 Å². The van der Waals surface area contributed by atoms with Gasteiger partial charge >= 0.3 is 0 Å². The fourth-order valence-corrected chi connectivity index (χ4v) is 6.98. The van der Waals surface area contributed by atoms with E-state index in [2.05, 4.69) is 138 Å². The first-order valence-electron chi connectivity index (χ1n) is 14.8. The van der Waals surface area contributed by atoms with Crippen LogP contribution in [0.5, 0.6) is 0 Å². The molecule has 0 aliphatic carbocycles. The Morgan fingerprint density at radius 1 is 0.477 bits per heavy atom. The summed E-state index contributed by atoms with van der Waals surface area (Å²) in [6.07, 6.45) is 0. The van der Waals surface area contributed by atoms with Gasteiger partial charge in [-0.2, -0.15) is 0 Å². The number of hydrogen-bond donors (Lipinski definition) is 0. The Morgan fingerprint density at radius 3 is 2.07 bits per heavy atom. The predicted octanol–water partition coefficient (Wildman–Crippen LogP) is 10.6. The molecule has 3 heterocycles. The summed E-state index contributed by atoms with van der Waals surface area (Å²) < 4.78 is 8.89. The summed E-state index contributed by atoms with van der Waals surface area (Å²) in [5.41, 5.74) is 5.66. The van der Waals surface area contributed by atoms with E-state index in [0.717, 1.165) is 55.3 Å². The average Bonchev–Trinajstić information content (AvgIpc) is 3.62. The van der Waals surface area contributed by atoms with Crippen LogP contribution in [0.15, 0.2) is 144 Å². The molecule has 3 aromatic heterocycles. The molecular weight excluding hydrogens is 538 g/mol. The van der Waals surface area contributed by atoms with Crippen LogP contribution in [0.1, 0.15) is 0 Å². The highest BCUT2D eigenvalue weighted by Gasteiger charge is 2.21. The van der Waals surface area contributed by atoms with Gasteiger partial charge < -0.3 is 4.42 Å². The summed E-state index contributed by atoms with van der Waals surface area (Å²) in [7, 11) is 0. The Bertz CT molecular complexity index is 2790. The highest BCUT2D eigenvalue weighted by atomic mass is 16.3. The number of nitrogens with zero attached hydrogens (tertiary/aromatic N) is 3. The molecule has 204 valence electrons. The van der Waals surface area contributed by atoms with Gasteiger partial charge in [0, 0.05) is 26.9 Å². The van der Waals surface area contributed by atoms with Crippen LogP contribution in [0.25, 0.3) is 93.4 Å². The van der Waals surface area contributed by atoms with E-state index in [-0.39, 0.29) is 0 Å². The van der Waals surface area contributed by atoms with Crippen molar-refractivity contribution in [2.45, 2.75) is 0 Å². The molecule has 0 fully saturated rings. The number of benzene rings is 7. The minimum Gasteiger partial charge on any atom is -0.455 e. The van der Waals surface area contributed by atoms with Crippen LogP contribution in [-0.2, 0) is 0 Å². The molecule has 0 amide bonds. The minimum atomic E-state index is 0.638. The zero-order chi connectivity index (χ0) is 28.8. The summed E-state index contributed by atoms with van der Waals surface area (Å²) in [6.45, 7) is 0. The molecule has 7 aromatic carbocycles. The van der Waals surface area contributed by atoms with Crippen molar-refractivity contribution in [1.82, 2.24) is 14.5 Å². The third kappa shape index (κ3) is 3.22. The molecule has 0 unspecified atom stereocenters. The molecular formula is C40H23N3O. The highest BCUT2D eigenvalue weighted by molar-refractivity contribution is 6.20. The van der Waals surface area contributed by atoms with E-state index < -0.39 is 0 Å². The number of furan rings is 1. The molecule has 0 radical (unpaired) electrons. The van der Waals surface area contributed by atoms with Crippen LogP contribution in [-0.4, -0.2) is 14.5 Å². The SMILES string of the molecule is c1ccc2cc3c(cc2c1)c1ccccc1n3-c1nc(-c2cccc3c2oc2ccc4ccccc4c23)nc2ccccc12. The lowest BCUT2D eigenvalue weighted by Crippen LogP contribution is -2.02. The van der Waals surface area contributed by atoms with Crippen molar-refractivity contribution < 1.29 is 4.42 Å². The lowest BCUT2D eigenvalue weighted by Gasteiger charge is -2.13. The van der Waals surface area contributed by atoms with Crippen LogP contribution in [0.3, 0.4) is 0 Å². The second-order valence-electron chi connectivity index (χ2n) is 11.4. The molecule has 0 saturated carbocycles. The van der Waals surface area contributed by atoms with Crippen LogP contribution < -0.4 is 0 Å². The average molecular weight is 562 g/mol. The summed E-state index contributed by atoms with van der Waals surface area (Å²) in [6, 6.07) is 48.9. The zero-order valence-electron chi connectivity index (χ0n) is 23.5. The van der Waals surface area contributed by atoms with E-state index in [4.69, 9.17) is 14.4 Å². The fourth-order valence-electron chi connectivity index (χ4n) is 6.98. The molecule has 0 spiro atoms. The molecule has 10 rings (SSSR count). The van der Waals surface area contributed by atoms with Crippen molar-refractivity contribution >= 4 is 76.2 Å². The minimum absolute atomic E-state index is 0.638. The Kier molecular flexibility index (Phi) is 4.69. The lowest BCUT2D eigenvalue weighted by atomic mass is 10.0. The number of fused-ring (bicyclic) bond motifs is 10. The van der Waals surface area contributed by atoms with Crippen molar-refractivity contribution in [1.29, 1.82) is 0 Å². The zero-order valence-corrected chi connectivity index (χ0v) is 23.5. The van der Waals surface area contributed by atoms with Crippen molar-refractivity contribution in [2.24, 2.45) is 0 Å². The van der Waals surface area contributed by atoms with Crippen molar-refractivity contribution in [3.63, 3.8) is 0 Å². The molecule has 44 heavy (non-hydrogen) atoms. The molecule has 0 atom stereocenters. The number of para-hydroxylation sites is 3. The van der Waals surface area contributed by atoms with Gasteiger partial charge in [0.15, 0.2) is 5.82 Å². The number of aromatic nitrogens is 3. The Morgan fingerprint density at radius 2 is 1.18 bits per heavy atom. The maximum absolute atomic E-state index is 6.59. The van der Waals surface area contributed by atoms with Gasteiger partial charge in [-0.1, -0.05) is 97.1 Å². The third-order valence-corrected chi connectivity index (χ3v) is 8.96. The molecule has 0 N–H and O–H groups in total. The summed E-state index contributed by atoms with van der Waals surface area (Å²) >= 11 is 0. The smallest absolute Gasteiger partial charge is 0.165 e. The van der Waals surface area contributed by atoms with Crippen LogP contribution in [0, 0.1) is 0 Å². The molecule has 10 aromatic rings.